The van der Waals surface area contributed by atoms with E-state index >= 15 is 0 Å². The number of piperidine rings is 2. The third-order valence-electron chi connectivity index (χ3n) is 5.63. The molecule has 0 bridgehead atoms. The Morgan fingerprint density at radius 2 is 1.77 bits per heavy atom. The lowest BCUT2D eigenvalue weighted by Gasteiger charge is -2.38. The normalized spacial score (nSPS) is 20.6. The molecule has 0 atom stereocenters. The molecule has 1 aromatic rings. The number of amides is 2. The second-order valence-corrected chi connectivity index (χ2v) is 7.35. The molecule has 6 nitrogen and oxygen atoms in total. The highest BCUT2D eigenvalue weighted by atomic mass is 16.5. The molecule has 1 aromatic carbocycles. The number of methoxy groups -OCH3 is 1. The first-order valence-electron chi connectivity index (χ1n) is 9.47. The lowest BCUT2D eigenvalue weighted by Crippen LogP contribution is -2.57. The summed E-state index contributed by atoms with van der Waals surface area (Å²) >= 11 is 0. The van der Waals surface area contributed by atoms with Crippen molar-refractivity contribution in [2.75, 3.05) is 33.3 Å². The molecule has 2 aliphatic heterocycles. The van der Waals surface area contributed by atoms with Crippen molar-refractivity contribution in [3.8, 4) is 0 Å². The maximum atomic E-state index is 12.7. The summed E-state index contributed by atoms with van der Waals surface area (Å²) in [6.45, 7) is 4.94. The number of benzene rings is 1. The number of hydrogen-bond acceptors (Lipinski definition) is 4. The third-order valence-corrected chi connectivity index (χ3v) is 5.63. The number of aryl methyl sites for hydroxylation is 1. The summed E-state index contributed by atoms with van der Waals surface area (Å²) in [5.74, 6) is 0.0614. The van der Waals surface area contributed by atoms with E-state index in [1.54, 1.807) is 7.11 Å². The van der Waals surface area contributed by atoms with Gasteiger partial charge in [-0.2, -0.15) is 0 Å². The summed E-state index contributed by atoms with van der Waals surface area (Å²) in [7, 11) is 1.62. The van der Waals surface area contributed by atoms with Crippen molar-refractivity contribution in [3.63, 3.8) is 0 Å². The number of rotatable bonds is 4. The number of ether oxygens (including phenoxy) is 1. The fraction of sp³-hybridized carbons (Fsp3) is 0.600. The minimum Gasteiger partial charge on any atom is -0.368 e. The predicted octanol–water partition coefficient (Wildman–Crippen LogP) is 1.48. The molecule has 2 heterocycles. The Hall–Kier alpha value is -1.92. The average molecular weight is 359 g/mol. The second kappa shape index (κ2) is 8.18. The molecule has 0 aromatic heterocycles. The third kappa shape index (κ3) is 4.07. The van der Waals surface area contributed by atoms with Gasteiger partial charge in [-0.1, -0.05) is 17.7 Å². The highest BCUT2D eigenvalue weighted by Crippen LogP contribution is 2.24. The lowest BCUT2D eigenvalue weighted by molar-refractivity contribution is -0.147. The number of carbonyl (C=O) groups is 2. The van der Waals surface area contributed by atoms with Gasteiger partial charge in [-0.3, -0.25) is 9.59 Å². The van der Waals surface area contributed by atoms with Crippen LogP contribution >= 0.6 is 0 Å². The van der Waals surface area contributed by atoms with Crippen molar-refractivity contribution >= 4 is 11.8 Å². The van der Waals surface area contributed by atoms with Crippen LogP contribution in [0.25, 0.3) is 0 Å². The van der Waals surface area contributed by atoms with Crippen LogP contribution in [0.3, 0.4) is 0 Å². The van der Waals surface area contributed by atoms with Crippen LogP contribution in [-0.4, -0.2) is 61.6 Å². The predicted molar refractivity (Wildman–Crippen MR) is 100 cm³/mol. The molecule has 3 rings (SSSR count). The van der Waals surface area contributed by atoms with E-state index in [0.29, 0.717) is 25.9 Å². The van der Waals surface area contributed by atoms with Gasteiger partial charge in [0, 0.05) is 31.8 Å². The summed E-state index contributed by atoms with van der Waals surface area (Å²) in [5, 5.41) is 6.42. The monoisotopic (exact) mass is 359 g/mol. The molecule has 2 saturated heterocycles. The molecule has 2 fully saturated rings. The van der Waals surface area contributed by atoms with Crippen LogP contribution in [0, 0.1) is 6.92 Å². The molecule has 6 heteroatoms. The Morgan fingerprint density at radius 3 is 2.35 bits per heavy atom. The van der Waals surface area contributed by atoms with Gasteiger partial charge in [-0.15, -0.1) is 0 Å². The molecule has 2 aliphatic rings. The lowest BCUT2D eigenvalue weighted by atomic mass is 9.90. The standard InChI is InChI=1S/C20H29N3O3/c1-15-3-5-16(6-4-15)18(24)23-13-7-17(8-14-23)22-19(25)20(26-2)9-11-21-12-10-20/h3-6,17,21H,7-14H2,1-2H3,(H,22,25). The van der Waals surface area contributed by atoms with E-state index < -0.39 is 5.60 Å². The topological polar surface area (TPSA) is 70.7 Å². The van der Waals surface area contributed by atoms with E-state index in [4.69, 9.17) is 4.74 Å². The van der Waals surface area contributed by atoms with Gasteiger partial charge in [0.2, 0.25) is 0 Å². The van der Waals surface area contributed by atoms with Gasteiger partial charge in [-0.05, 0) is 57.8 Å². The molecular formula is C20H29N3O3. The first kappa shape index (κ1) is 18.9. The van der Waals surface area contributed by atoms with Gasteiger partial charge in [0.1, 0.15) is 5.60 Å². The highest BCUT2D eigenvalue weighted by Gasteiger charge is 2.40. The molecule has 0 radical (unpaired) electrons. The Morgan fingerprint density at radius 1 is 1.15 bits per heavy atom. The van der Waals surface area contributed by atoms with Crippen LogP contribution in [0.5, 0.6) is 0 Å². The van der Waals surface area contributed by atoms with Gasteiger partial charge >= 0.3 is 0 Å². The molecule has 142 valence electrons. The van der Waals surface area contributed by atoms with Crippen molar-refractivity contribution < 1.29 is 14.3 Å². The van der Waals surface area contributed by atoms with E-state index in [-0.39, 0.29) is 17.9 Å². The number of carbonyl (C=O) groups excluding carboxylic acids is 2. The van der Waals surface area contributed by atoms with Crippen molar-refractivity contribution in [2.24, 2.45) is 0 Å². The number of hydrogen-bond donors (Lipinski definition) is 2. The number of nitrogens with one attached hydrogen (secondary N) is 2. The largest absolute Gasteiger partial charge is 0.368 e. The summed E-state index contributed by atoms with van der Waals surface area (Å²) < 4.78 is 5.59. The molecule has 26 heavy (non-hydrogen) atoms. The van der Waals surface area contributed by atoms with Crippen molar-refractivity contribution in [3.05, 3.63) is 35.4 Å². The average Bonchev–Trinajstić information content (AvgIpc) is 2.69. The van der Waals surface area contributed by atoms with Gasteiger partial charge in [-0.25, -0.2) is 0 Å². The second-order valence-electron chi connectivity index (χ2n) is 7.35. The Bertz CT molecular complexity index is 630. The zero-order valence-corrected chi connectivity index (χ0v) is 15.7. The summed E-state index contributed by atoms with van der Waals surface area (Å²) in [6.07, 6.45) is 2.95. The zero-order chi connectivity index (χ0) is 18.6. The zero-order valence-electron chi connectivity index (χ0n) is 15.7. The number of likely N-dealkylation sites (tertiary alicyclic amines) is 1. The van der Waals surface area contributed by atoms with Crippen molar-refractivity contribution in [2.45, 2.75) is 44.2 Å². The minimum absolute atomic E-state index is 0.00943. The van der Waals surface area contributed by atoms with Gasteiger partial charge in [0.25, 0.3) is 11.8 Å². The van der Waals surface area contributed by atoms with Crippen molar-refractivity contribution in [1.29, 1.82) is 0 Å². The van der Waals surface area contributed by atoms with Crippen LogP contribution in [0.1, 0.15) is 41.6 Å². The maximum absolute atomic E-state index is 12.7. The van der Waals surface area contributed by atoms with Crippen LogP contribution in [0.15, 0.2) is 24.3 Å². The Labute approximate surface area is 155 Å². The highest BCUT2D eigenvalue weighted by molar-refractivity contribution is 5.94. The molecule has 2 N–H and O–H groups in total. The Balaban J connectivity index is 1.52. The molecule has 0 saturated carbocycles. The van der Waals surface area contributed by atoms with Gasteiger partial charge in [0.05, 0.1) is 0 Å². The SMILES string of the molecule is COC1(C(=O)NC2CCN(C(=O)c3ccc(C)cc3)CC2)CCNCC1. The maximum Gasteiger partial charge on any atom is 0.253 e. The summed E-state index contributed by atoms with van der Waals surface area (Å²) in [5.41, 5.74) is 1.17. The van der Waals surface area contributed by atoms with Crippen LogP contribution in [0.4, 0.5) is 0 Å². The molecule has 0 spiro atoms. The first-order chi connectivity index (χ1) is 12.5. The fourth-order valence-corrected chi connectivity index (χ4v) is 3.78. The fourth-order valence-electron chi connectivity index (χ4n) is 3.78. The molecule has 0 aliphatic carbocycles. The minimum atomic E-state index is -0.708. The van der Waals surface area contributed by atoms with E-state index in [1.165, 1.54) is 0 Å². The quantitative estimate of drug-likeness (QED) is 0.854. The van der Waals surface area contributed by atoms with Crippen LogP contribution in [-0.2, 0) is 9.53 Å². The van der Waals surface area contributed by atoms with E-state index in [2.05, 4.69) is 10.6 Å². The molecular weight excluding hydrogens is 330 g/mol. The Kier molecular flexibility index (Phi) is 5.94. The van der Waals surface area contributed by atoms with E-state index in [1.807, 2.05) is 36.1 Å². The van der Waals surface area contributed by atoms with Gasteiger partial charge < -0.3 is 20.3 Å². The van der Waals surface area contributed by atoms with E-state index in [9.17, 15) is 9.59 Å². The van der Waals surface area contributed by atoms with Crippen molar-refractivity contribution in [1.82, 2.24) is 15.5 Å². The molecule has 0 unspecified atom stereocenters. The van der Waals surface area contributed by atoms with Gasteiger partial charge in [0.15, 0.2) is 0 Å². The summed E-state index contributed by atoms with van der Waals surface area (Å²) in [4.78, 5) is 27.2. The number of nitrogens with zero attached hydrogens (tertiary/aromatic N) is 1. The first-order valence-corrected chi connectivity index (χ1v) is 9.47. The van der Waals surface area contributed by atoms with Crippen LogP contribution < -0.4 is 10.6 Å². The van der Waals surface area contributed by atoms with E-state index in [0.717, 1.165) is 37.1 Å². The summed E-state index contributed by atoms with van der Waals surface area (Å²) in [6, 6.07) is 7.79. The van der Waals surface area contributed by atoms with Crippen LogP contribution in [0.2, 0.25) is 0 Å². The smallest absolute Gasteiger partial charge is 0.253 e. The molecule has 2 amide bonds.